The normalized spacial score (nSPS) is 16.4. The van der Waals surface area contributed by atoms with Crippen LogP contribution in [-0.4, -0.2) is 88.4 Å². The summed E-state index contributed by atoms with van der Waals surface area (Å²) in [5.41, 5.74) is 0.558. The van der Waals surface area contributed by atoms with E-state index in [0.717, 1.165) is 18.8 Å². The predicted octanol–water partition coefficient (Wildman–Crippen LogP) is 4.68. The highest BCUT2D eigenvalue weighted by Crippen LogP contribution is 2.34. The maximum absolute atomic E-state index is 15.5. The van der Waals surface area contributed by atoms with Gasteiger partial charge >= 0.3 is 5.97 Å². The largest absolute Gasteiger partial charge is 0.508 e. The van der Waals surface area contributed by atoms with Gasteiger partial charge in [-0.2, -0.15) is 0 Å². The fraction of sp³-hybridized carbons (Fsp3) is 0.389. The number of piperidine rings is 1. The Labute approximate surface area is 274 Å². The molecule has 2 heterocycles. The number of likely N-dealkylation sites (tertiary alicyclic amines) is 1. The molecule has 2 aliphatic rings. The maximum atomic E-state index is 15.5. The monoisotopic (exact) mass is 643 g/mol. The number of benzene rings is 3. The molecule has 0 radical (unpaired) electrons. The molecule has 248 valence electrons. The van der Waals surface area contributed by atoms with Crippen molar-refractivity contribution in [3.63, 3.8) is 0 Å². The highest BCUT2D eigenvalue weighted by molar-refractivity contribution is 6.00. The van der Waals surface area contributed by atoms with Gasteiger partial charge in [-0.25, -0.2) is 4.39 Å². The summed E-state index contributed by atoms with van der Waals surface area (Å²) in [5, 5.41) is 31.0. The topological polar surface area (TPSA) is 137 Å². The van der Waals surface area contributed by atoms with E-state index in [4.69, 9.17) is 10.5 Å². The first-order valence-electron chi connectivity index (χ1n) is 16.0. The molecule has 3 aromatic rings. The van der Waals surface area contributed by atoms with Gasteiger partial charge in [-0.05, 0) is 74.6 Å². The van der Waals surface area contributed by atoms with Crippen LogP contribution in [0.2, 0.25) is 0 Å². The molecule has 10 nitrogen and oxygen atoms in total. The lowest BCUT2D eigenvalue weighted by atomic mass is 9.79. The zero-order valence-electron chi connectivity index (χ0n) is 26.8. The molecule has 2 fully saturated rings. The lowest BCUT2D eigenvalue weighted by molar-refractivity contribution is -0.139. The first-order valence-corrected chi connectivity index (χ1v) is 16.0. The number of amides is 2. The molecule has 11 heteroatoms. The summed E-state index contributed by atoms with van der Waals surface area (Å²) in [7, 11) is 0. The second-order valence-corrected chi connectivity index (χ2v) is 12.9. The molecule has 2 saturated heterocycles. The molecular formula is C36H42FN5O5. The van der Waals surface area contributed by atoms with Gasteiger partial charge in [0.1, 0.15) is 17.4 Å². The Morgan fingerprint density at radius 3 is 2.21 bits per heavy atom. The minimum absolute atomic E-state index is 0.0187. The predicted molar refractivity (Wildman–Crippen MR) is 177 cm³/mol. The van der Waals surface area contributed by atoms with Gasteiger partial charge in [0, 0.05) is 56.9 Å². The van der Waals surface area contributed by atoms with Crippen molar-refractivity contribution in [1.29, 1.82) is 5.41 Å². The number of carboxylic acid groups (broad SMARTS) is 1. The number of halogens is 1. The number of carbonyl (C=O) groups is 3. The van der Waals surface area contributed by atoms with E-state index < -0.39 is 29.2 Å². The van der Waals surface area contributed by atoms with Gasteiger partial charge in [-0.3, -0.25) is 19.8 Å². The van der Waals surface area contributed by atoms with E-state index in [1.165, 1.54) is 24.3 Å². The lowest BCUT2D eigenvalue weighted by Crippen LogP contribution is -2.54. The Balaban J connectivity index is 1.28. The van der Waals surface area contributed by atoms with Crippen molar-refractivity contribution in [3.8, 4) is 5.75 Å². The Morgan fingerprint density at radius 1 is 0.915 bits per heavy atom. The van der Waals surface area contributed by atoms with E-state index in [1.54, 1.807) is 36.9 Å². The summed E-state index contributed by atoms with van der Waals surface area (Å²) in [4.78, 5) is 44.5. The average molecular weight is 644 g/mol. The third kappa shape index (κ3) is 7.90. The van der Waals surface area contributed by atoms with Gasteiger partial charge in [-0.15, -0.1) is 0 Å². The number of hydrogen-bond donors (Lipinski definition) is 4. The van der Waals surface area contributed by atoms with E-state index in [0.29, 0.717) is 50.1 Å². The van der Waals surface area contributed by atoms with Crippen molar-refractivity contribution >= 4 is 29.3 Å². The second kappa shape index (κ2) is 14.2. The summed E-state index contributed by atoms with van der Waals surface area (Å²) < 4.78 is 15.5. The number of carboxylic acids is 1. The summed E-state index contributed by atoms with van der Waals surface area (Å²) in [6.45, 7) is 6.78. The molecule has 47 heavy (non-hydrogen) atoms. The number of piperazine rings is 1. The molecule has 2 amide bonds. The number of carbonyl (C=O) groups excluding carboxylic acids is 2. The lowest BCUT2D eigenvalue weighted by Gasteiger charge is -2.40. The van der Waals surface area contributed by atoms with Crippen LogP contribution in [-0.2, 0) is 9.59 Å². The highest BCUT2D eigenvalue weighted by Gasteiger charge is 2.41. The van der Waals surface area contributed by atoms with Crippen molar-refractivity contribution in [2.75, 3.05) is 44.2 Å². The van der Waals surface area contributed by atoms with Crippen molar-refractivity contribution in [1.82, 2.24) is 15.1 Å². The van der Waals surface area contributed by atoms with Crippen molar-refractivity contribution < 1.29 is 29.0 Å². The van der Waals surface area contributed by atoms with Crippen molar-refractivity contribution in [2.24, 2.45) is 5.92 Å². The Hall–Kier alpha value is -4.93. The summed E-state index contributed by atoms with van der Waals surface area (Å²) >= 11 is 0. The fourth-order valence-corrected chi connectivity index (χ4v) is 6.65. The minimum atomic E-state index is -1.21. The number of phenols is 1. The second-order valence-electron chi connectivity index (χ2n) is 12.9. The number of para-hydroxylation sites is 1. The molecule has 0 bridgehead atoms. The van der Waals surface area contributed by atoms with E-state index in [9.17, 15) is 19.5 Å². The summed E-state index contributed by atoms with van der Waals surface area (Å²) in [6.07, 6.45) is 1.15. The summed E-state index contributed by atoms with van der Waals surface area (Å²) in [6, 6.07) is 20.5. The van der Waals surface area contributed by atoms with Crippen LogP contribution >= 0.6 is 0 Å². The number of rotatable bonds is 9. The van der Waals surface area contributed by atoms with Crippen LogP contribution < -0.4 is 10.2 Å². The molecule has 5 rings (SSSR count). The van der Waals surface area contributed by atoms with Crippen LogP contribution in [0.15, 0.2) is 72.8 Å². The Kier molecular flexibility index (Phi) is 10.1. The maximum Gasteiger partial charge on any atom is 0.303 e. The summed E-state index contributed by atoms with van der Waals surface area (Å²) in [5.74, 6) is -3.40. The van der Waals surface area contributed by atoms with Crippen LogP contribution in [0, 0.1) is 17.1 Å². The number of phenolic OH excluding ortho intramolecular Hbond substituents is 1. The quantitative estimate of drug-likeness (QED) is 0.196. The van der Waals surface area contributed by atoms with Crippen LogP contribution in [0.3, 0.4) is 0 Å². The van der Waals surface area contributed by atoms with Gasteiger partial charge in [0.15, 0.2) is 0 Å². The van der Waals surface area contributed by atoms with Crippen LogP contribution in [0.25, 0.3) is 0 Å². The zero-order valence-corrected chi connectivity index (χ0v) is 26.8. The van der Waals surface area contributed by atoms with Gasteiger partial charge in [0.2, 0.25) is 5.91 Å². The van der Waals surface area contributed by atoms with E-state index in [1.807, 2.05) is 23.1 Å². The standard InChI is InChI=1S/C36H42FN5O5/c1-36(2,32(25-7-6-10-28(43)22-25)35(47)42-15-13-24(14-16-42)21-31(44)45)39-34(46)29-12-11-26(23-30(29)37)33(38)41-19-17-40(18-20-41)27-8-4-3-5-9-27/h3-12,22-24,32,38,43H,13-21H2,1-2H3,(H,39,46)(H,44,45). The van der Waals surface area contributed by atoms with Crippen LogP contribution in [0.5, 0.6) is 5.75 Å². The number of aromatic hydroxyl groups is 1. The average Bonchev–Trinajstić information content (AvgIpc) is 3.04. The van der Waals surface area contributed by atoms with Gasteiger partial charge in [0.25, 0.3) is 5.91 Å². The molecule has 1 atom stereocenters. The third-order valence-corrected chi connectivity index (χ3v) is 9.20. The number of amidine groups is 1. The molecule has 2 aliphatic heterocycles. The van der Waals surface area contributed by atoms with Crippen molar-refractivity contribution in [2.45, 2.75) is 44.6 Å². The van der Waals surface area contributed by atoms with Crippen LogP contribution in [0.1, 0.15) is 60.5 Å². The van der Waals surface area contributed by atoms with E-state index >= 15 is 4.39 Å². The molecule has 0 aromatic heterocycles. The Bertz CT molecular complexity index is 1610. The molecule has 0 aliphatic carbocycles. The smallest absolute Gasteiger partial charge is 0.303 e. The Morgan fingerprint density at radius 2 is 1.60 bits per heavy atom. The number of anilines is 1. The number of hydrogen-bond acceptors (Lipinski definition) is 6. The number of nitrogens with one attached hydrogen (secondary N) is 2. The SMILES string of the molecule is CC(C)(NC(=O)c1ccc(C(=N)N2CCN(c3ccccc3)CC2)cc1F)C(C(=O)N1CCC(CC(=O)O)CC1)c1cccc(O)c1. The zero-order chi connectivity index (χ0) is 33.7. The number of aliphatic carboxylic acids is 1. The fourth-order valence-electron chi connectivity index (χ4n) is 6.65. The van der Waals surface area contributed by atoms with Gasteiger partial charge in [0.05, 0.1) is 17.0 Å². The minimum Gasteiger partial charge on any atom is -0.508 e. The molecular weight excluding hydrogens is 601 g/mol. The highest BCUT2D eigenvalue weighted by atomic mass is 19.1. The first kappa shape index (κ1) is 33.4. The van der Waals surface area contributed by atoms with E-state index in [2.05, 4.69) is 22.3 Å². The molecule has 0 saturated carbocycles. The molecule has 1 unspecified atom stereocenters. The van der Waals surface area contributed by atoms with Crippen molar-refractivity contribution in [3.05, 3.63) is 95.3 Å². The van der Waals surface area contributed by atoms with Crippen LogP contribution in [0.4, 0.5) is 10.1 Å². The third-order valence-electron chi connectivity index (χ3n) is 9.20. The van der Waals surface area contributed by atoms with Gasteiger partial charge in [-0.1, -0.05) is 36.4 Å². The molecule has 0 spiro atoms. The van der Waals surface area contributed by atoms with E-state index in [-0.39, 0.29) is 35.4 Å². The first-order chi connectivity index (χ1) is 22.4. The van der Waals surface area contributed by atoms with Gasteiger partial charge < -0.3 is 30.2 Å². The number of nitrogens with zero attached hydrogens (tertiary/aromatic N) is 3. The molecule has 4 N–H and O–H groups in total. The molecule has 3 aromatic carbocycles.